The van der Waals surface area contributed by atoms with Crippen LogP contribution in [0.1, 0.15) is 21.5 Å². The number of nitrogens with zero attached hydrogens (tertiary/aromatic N) is 1. The second kappa shape index (κ2) is 5.48. The fourth-order valence-corrected chi connectivity index (χ4v) is 1.68. The molecule has 0 unspecified atom stereocenters. The number of hydrogen-bond acceptors (Lipinski definition) is 3. The molecule has 0 aliphatic heterocycles. The third-order valence-electron chi connectivity index (χ3n) is 2.81. The monoisotopic (exact) mass is 260 g/mol. The Bertz CT molecular complexity index is 594. The Labute approximate surface area is 109 Å². The third kappa shape index (κ3) is 2.88. The summed E-state index contributed by atoms with van der Waals surface area (Å²) >= 11 is 0. The number of phenols is 1. The predicted octanol–water partition coefficient (Wildman–Crippen LogP) is 2.16. The highest BCUT2D eigenvalue weighted by atomic mass is 19.1. The molecule has 0 radical (unpaired) electrons. The first-order valence-electron chi connectivity index (χ1n) is 5.74. The number of aryl methyl sites for hydroxylation is 1. The third-order valence-corrected chi connectivity index (χ3v) is 2.81. The quantitative estimate of drug-likeness (QED) is 0.889. The molecule has 4 nitrogen and oxygen atoms in total. The SMILES string of the molecule is Cc1ccncc1CNC(=O)c1c(O)cccc1F. The molecule has 0 bridgehead atoms. The van der Waals surface area contributed by atoms with Crippen LogP contribution in [0.2, 0.25) is 0 Å². The van der Waals surface area contributed by atoms with Gasteiger partial charge in [-0.05, 0) is 36.2 Å². The molecule has 2 aromatic rings. The number of pyridine rings is 1. The van der Waals surface area contributed by atoms with Crippen LogP contribution < -0.4 is 5.32 Å². The number of hydrogen-bond donors (Lipinski definition) is 2. The second-order valence-electron chi connectivity index (χ2n) is 4.12. The minimum Gasteiger partial charge on any atom is -0.507 e. The van der Waals surface area contributed by atoms with Crippen molar-refractivity contribution < 1.29 is 14.3 Å². The fourth-order valence-electron chi connectivity index (χ4n) is 1.68. The Morgan fingerprint density at radius 2 is 2.21 bits per heavy atom. The van der Waals surface area contributed by atoms with Crippen molar-refractivity contribution in [2.75, 3.05) is 0 Å². The Morgan fingerprint density at radius 3 is 2.89 bits per heavy atom. The van der Waals surface area contributed by atoms with Crippen LogP contribution >= 0.6 is 0 Å². The van der Waals surface area contributed by atoms with Crippen LogP contribution in [0.5, 0.6) is 5.75 Å². The van der Waals surface area contributed by atoms with Gasteiger partial charge in [0, 0.05) is 18.9 Å². The van der Waals surface area contributed by atoms with Gasteiger partial charge in [0.05, 0.1) is 0 Å². The number of phenolic OH excluding ortho intramolecular Hbond substituents is 1. The van der Waals surface area contributed by atoms with E-state index >= 15 is 0 Å². The lowest BCUT2D eigenvalue weighted by Crippen LogP contribution is -2.24. The minimum atomic E-state index is -0.750. The first kappa shape index (κ1) is 13.0. The number of halogens is 1. The van der Waals surface area contributed by atoms with Crippen molar-refractivity contribution in [1.29, 1.82) is 0 Å². The van der Waals surface area contributed by atoms with Gasteiger partial charge >= 0.3 is 0 Å². The normalized spacial score (nSPS) is 10.2. The lowest BCUT2D eigenvalue weighted by molar-refractivity contribution is 0.0944. The van der Waals surface area contributed by atoms with Gasteiger partial charge in [-0.25, -0.2) is 4.39 Å². The molecule has 1 amide bonds. The smallest absolute Gasteiger partial charge is 0.258 e. The number of carbonyl (C=O) groups excluding carboxylic acids is 1. The summed E-state index contributed by atoms with van der Waals surface area (Å²) in [6, 6.07) is 5.56. The van der Waals surface area contributed by atoms with Crippen LogP contribution in [0.4, 0.5) is 4.39 Å². The van der Waals surface area contributed by atoms with Crippen molar-refractivity contribution >= 4 is 5.91 Å². The molecule has 0 aliphatic rings. The molecular weight excluding hydrogens is 247 g/mol. The van der Waals surface area contributed by atoms with Crippen LogP contribution in [0.3, 0.4) is 0 Å². The molecule has 0 spiro atoms. The largest absolute Gasteiger partial charge is 0.507 e. The Kier molecular flexibility index (Phi) is 3.75. The average molecular weight is 260 g/mol. The molecule has 19 heavy (non-hydrogen) atoms. The maximum absolute atomic E-state index is 13.5. The molecule has 1 aromatic heterocycles. The van der Waals surface area contributed by atoms with E-state index in [0.29, 0.717) is 0 Å². The van der Waals surface area contributed by atoms with Crippen LogP contribution in [0.15, 0.2) is 36.7 Å². The summed E-state index contributed by atoms with van der Waals surface area (Å²) in [5.74, 6) is -1.78. The highest BCUT2D eigenvalue weighted by Crippen LogP contribution is 2.19. The van der Waals surface area contributed by atoms with Crippen molar-refractivity contribution in [2.24, 2.45) is 0 Å². The van der Waals surface area contributed by atoms with Gasteiger partial charge in [-0.15, -0.1) is 0 Å². The summed E-state index contributed by atoms with van der Waals surface area (Å²) in [7, 11) is 0. The zero-order valence-corrected chi connectivity index (χ0v) is 10.4. The Morgan fingerprint density at radius 1 is 1.42 bits per heavy atom. The van der Waals surface area contributed by atoms with Crippen LogP contribution in [-0.2, 0) is 6.54 Å². The van der Waals surface area contributed by atoms with E-state index in [-0.39, 0.29) is 17.9 Å². The van der Waals surface area contributed by atoms with Gasteiger partial charge in [-0.1, -0.05) is 6.07 Å². The van der Waals surface area contributed by atoms with Crippen molar-refractivity contribution in [1.82, 2.24) is 10.3 Å². The van der Waals surface area contributed by atoms with Gasteiger partial charge in [-0.3, -0.25) is 9.78 Å². The van der Waals surface area contributed by atoms with E-state index in [1.807, 2.05) is 13.0 Å². The van der Waals surface area contributed by atoms with E-state index in [1.54, 1.807) is 12.4 Å². The van der Waals surface area contributed by atoms with Gasteiger partial charge in [0.1, 0.15) is 17.1 Å². The number of aromatic hydroxyl groups is 1. The van der Waals surface area contributed by atoms with Gasteiger partial charge in [0.2, 0.25) is 0 Å². The van der Waals surface area contributed by atoms with E-state index in [0.717, 1.165) is 17.2 Å². The molecule has 0 aliphatic carbocycles. The summed E-state index contributed by atoms with van der Waals surface area (Å²) < 4.78 is 13.5. The molecule has 2 N–H and O–H groups in total. The molecule has 0 saturated carbocycles. The molecule has 0 atom stereocenters. The molecular formula is C14H13FN2O2. The summed E-state index contributed by atoms with van der Waals surface area (Å²) in [6.45, 7) is 2.12. The number of carbonyl (C=O) groups is 1. The molecule has 5 heteroatoms. The fraction of sp³-hybridized carbons (Fsp3) is 0.143. The topological polar surface area (TPSA) is 62.2 Å². The molecule has 2 rings (SSSR count). The predicted molar refractivity (Wildman–Crippen MR) is 68.2 cm³/mol. The summed E-state index contributed by atoms with van der Waals surface area (Å²) in [4.78, 5) is 15.8. The zero-order valence-electron chi connectivity index (χ0n) is 10.4. The summed E-state index contributed by atoms with van der Waals surface area (Å²) in [6.07, 6.45) is 3.29. The number of amides is 1. The van der Waals surface area contributed by atoms with Crippen molar-refractivity contribution in [2.45, 2.75) is 13.5 Å². The molecule has 1 heterocycles. The lowest BCUT2D eigenvalue weighted by Gasteiger charge is -2.09. The minimum absolute atomic E-state index is 0.228. The maximum atomic E-state index is 13.5. The number of nitrogens with one attached hydrogen (secondary N) is 1. The highest BCUT2D eigenvalue weighted by Gasteiger charge is 2.16. The average Bonchev–Trinajstić information content (AvgIpc) is 2.37. The first-order valence-corrected chi connectivity index (χ1v) is 5.74. The highest BCUT2D eigenvalue weighted by molar-refractivity contribution is 5.97. The van der Waals surface area contributed by atoms with Gasteiger partial charge in [0.15, 0.2) is 0 Å². The van der Waals surface area contributed by atoms with Crippen molar-refractivity contribution in [3.05, 3.63) is 59.2 Å². The van der Waals surface area contributed by atoms with E-state index < -0.39 is 11.7 Å². The molecule has 1 aromatic carbocycles. The second-order valence-corrected chi connectivity index (χ2v) is 4.12. The van der Waals surface area contributed by atoms with E-state index in [2.05, 4.69) is 10.3 Å². The van der Waals surface area contributed by atoms with E-state index in [1.165, 1.54) is 12.1 Å². The standard InChI is InChI=1S/C14H13FN2O2/c1-9-5-6-16-7-10(9)8-17-14(19)13-11(15)3-2-4-12(13)18/h2-7,18H,8H2,1H3,(H,17,19). The first-order chi connectivity index (χ1) is 9.09. The van der Waals surface area contributed by atoms with Crippen LogP contribution in [0.25, 0.3) is 0 Å². The Hall–Kier alpha value is -2.43. The maximum Gasteiger partial charge on any atom is 0.258 e. The van der Waals surface area contributed by atoms with Crippen molar-refractivity contribution in [3.8, 4) is 5.75 Å². The summed E-state index contributed by atoms with van der Waals surface area (Å²) in [5.41, 5.74) is 1.48. The van der Waals surface area contributed by atoms with Crippen LogP contribution in [-0.4, -0.2) is 16.0 Å². The summed E-state index contributed by atoms with van der Waals surface area (Å²) in [5, 5.41) is 12.1. The van der Waals surface area contributed by atoms with E-state index in [9.17, 15) is 14.3 Å². The molecule has 0 fully saturated rings. The van der Waals surface area contributed by atoms with Gasteiger partial charge < -0.3 is 10.4 Å². The number of benzene rings is 1. The van der Waals surface area contributed by atoms with E-state index in [4.69, 9.17) is 0 Å². The van der Waals surface area contributed by atoms with Crippen molar-refractivity contribution in [3.63, 3.8) is 0 Å². The lowest BCUT2D eigenvalue weighted by atomic mass is 10.1. The van der Waals surface area contributed by atoms with Gasteiger partial charge in [-0.2, -0.15) is 0 Å². The molecule has 98 valence electrons. The van der Waals surface area contributed by atoms with Crippen LogP contribution in [0, 0.1) is 12.7 Å². The zero-order chi connectivity index (χ0) is 13.8. The molecule has 0 saturated heterocycles. The Balaban J connectivity index is 2.13. The number of aromatic nitrogens is 1. The number of rotatable bonds is 3. The van der Waals surface area contributed by atoms with Gasteiger partial charge in [0.25, 0.3) is 5.91 Å².